The Morgan fingerprint density at radius 2 is 1.79 bits per heavy atom. The fourth-order valence-corrected chi connectivity index (χ4v) is 4.55. The molecule has 1 heterocycles. The molecule has 1 fully saturated rings. The predicted octanol–water partition coefficient (Wildman–Crippen LogP) is 4.40. The molecular formula is C19H29NO3S. The van der Waals surface area contributed by atoms with Crippen molar-refractivity contribution in [2.45, 2.75) is 65.7 Å². The van der Waals surface area contributed by atoms with Crippen LogP contribution in [0.1, 0.15) is 73.7 Å². The van der Waals surface area contributed by atoms with E-state index in [1.54, 1.807) is 11.3 Å². The van der Waals surface area contributed by atoms with Gasteiger partial charge in [-0.05, 0) is 56.4 Å². The van der Waals surface area contributed by atoms with Gasteiger partial charge in [0, 0.05) is 17.7 Å². The molecule has 1 atom stereocenters. The maximum atomic E-state index is 11.8. The minimum Gasteiger partial charge on any atom is -0.462 e. The largest absolute Gasteiger partial charge is 0.462 e. The molecule has 5 heteroatoms. The number of fused-ring (bicyclic) bond motifs is 1. The van der Waals surface area contributed by atoms with Crippen LogP contribution in [0.5, 0.6) is 0 Å². The lowest BCUT2D eigenvalue weighted by Crippen LogP contribution is -2.14. The van der Waals surface area contributed by atoms with Crippen LogP contribution >= 0.6 is 11.3 Å². The van der Waals surface area contributed by atoms with Gasteiger partial charge in [-0.2, -0.15) is 0 Å². The molecule has 1 saturated carbocycles. The molecule has 24 heavy (non-hydrogen) atoms. The van der Waals surface area contributed by atoms with Crippen LogP contribution in [0.25, 0.3) is 0 Å². The number of ether oxygens (including phenoxy) is 1. The van der Waals surface area contributed by atoms with Gasteiger partial charge in [0.1, 0.15) is 10.8 Å². The maximum Gasteiger partial charge on any atom is 0.341 e. The van der Waals surface area contributed by atoms with Gasteiger partial charge in [0.2, 0.25) is 0 Å². The standard InChI is InChI=1S/C12H17NO2S.C7H12O/c1-3-15-12(14)10-8-5-4-7(2)6-9(8)16-11(10)13;1-6-2-4-7(8)5-3-6/h7H,3-6,13H2,1-2H3;6H,2-5H2,1H3. The molecule has 3 rings (SSSR count). The molecule has 0 saturated heterocycles. The van der Waals surface area contributed by atoms with Crippen LogP contribution in [-0.4, -0.2) is 18.4 Å². The zero-order valence-corrected chi connectivity index (χ0v) is 15.8. The van der Waals surface area contributed by atoms with Crippen LogP contribution in [0.3, 0.4) is 0 Å². The van der Waals surface area contributed by atoms with Gasteiger partial charge in [-0.3, -0.25) is 4.79 Å². The highest BCUT2D eigenvalue weighted by molar-refractivity contribution is 7.16. The van der Waals surface area contributed by atoms with E-state index in [0.29, 0.717) is 28.9 Å². The summed E-state index contributed by atoms with van der Waals surface area (Å²) in [5.74, 6) is 1.70. The van der Waals surface area contributed by atoms with E-state index in [1.165, 1.54) is 4.88 Å². The number of carbonyl (C=O) groups excluding carboxylic acids is 2. The van der Waals surface area contributed by atoms with Crippen LogP contribution in [0.4, 0.5) is 5.00 Å². The smallest absolute Gasteiger partial charge is 0.341 e. The zero-order chi connectivity index (χ0) is 17.7. The first-order chi connectivity index (χ1) is 11.4. The Balaban J connectivity index is 0.000000219. The average Bonchev–Trinajstić information content (AvgIpc) is 2.86. The highest BCUT2D eigenvalue weighted by Gasteiger charge is 2.27. The minimum absolute atomic E-state index is 0.257. The second-order valence-corrected chi connectivity index (χ2v) is 8.17. The first kappa shape index (κ1) is 19.0. The van der Waals surface area contributed by atoms with Gasteiger partial charge in [-0.15, -0.1) is 11.3 Å². The number of hydrogen-bond acceptors (Lipinski definition) is 5. The molecular weight excluding hydrogens is 322 g/mol. The van der Waals surface area contributed by atoms with E-state index >= 15 is 0 Å². The molecule has 0 bridgehead atoms. The topological polar surface area (TPSA) is 69.4 Å². The van der Waals surface area contributed by atoms with E-state index in [-0.39, 0.29) is 5.97 Å². The van der Waals surface area contributed by atoms with Gasteiger partial charge in [-0.25, -0.2) is 4.79 Å². The lowest BCUT2D eigenvalue weighted by atomic mass is 9.88. The van der Waals surface area contributed by atoms with E-state index in [2.05, 4.69) is 13.8 Å². The summed E-state index contributed by atoms with van der Waals surface area (Å²) in [5.41, 5.74) is 7.69. The van der Waals surface area contributed by atoms with Crippen molar-refractivity contribution >= 4 is 28.1 Å². The van der Waals surface area contributed by atoms with E-state index < -0.39 is 0 Å². The summed E-state index contributed by atoms with van der Waals surface area (Å²) in [4.78, 5) is 23.7. The average molecular weight is 352 g/mol. The van der Waals surface area contributed by atoms with Gasteiger partial charge in [-0.1, -0.05) is 13.8 Å². The van der Waals surface area contributed by atoms with Crippen molar-refractivity contribution in [1.82, 2.24) is 0 Å². The number of ketones is 1. The Hall–Kier alpha value is -1.36. The molecule has 2 N–H and O–H groups in total. The second-order valence-electron chi connectivity index (χ2n) is 7.03. The first-order valence-electron chi connectivity index (χ1n) is 9.01. The third-order valence-electron chi connectivity index (χ3n) is 4.85. The minimum atomic E-state index is -0.257. The van der Waals surface area contributed by atoms with Crippen LogP contribution in [-0.2, 0) is 22.4 Å². The summed E-state index contributed by atoms with van der Waals surface area (Å²) < 4.78 is 5.05. The predicted molar refractivity (Wildman–Crippen MR) is 98.5 cm³/mol. The van der Waals surface area contributed by atoms with Crippen molar-refractivity contribution in [1.29, 1.82) is 0 Å². The molecule has 2 aliphatic carbocycles. The summed E-state index contributed by atoms with van der Waals surface area (Å²) in [7, 11) is 0. The summed E-state index contributed by atoms with van der Waals surface area (Å²) in [6.45, 7) is 6.67. The normalized spacial score (nSPS) is 20.8. The van der Waals surface area contributed by atoms with Crippen molar-refractivity contribution in [2.24, 2.45) is 11.8 Å². The van der Waals surface area contributed by atoms with Gasteiger partial charge < -0.3 is 10.5 Å². The zero-order valence-electron chi connectivity index (χ0n) is 15.0. The Labute approximate surface area is 148 Å². The van der Waals surface area contributed by atoms with E-state index in [1.807, 2.05) is 6.92 Å². The van der Waals surface area contributed by atoms with Crippen LogP contribution in [0.2, 0.25) is 0 Å². The summed E-state index contributed by atoms with van der Waals surface area (Å²) in [6, 6.07) is 0. The van der Waals surface area contributed by atoms with E-state index in [9.17, 15) is 9.59 Å². The number of thiophene rings is 1. The van der Waals surface area contributed by atoms with Crippen molar-refractivity contribution in [3.8, 4) is 0 Å². The number of hydrogen-bond donors (Lipinski definition) is 1. The molecule has 0 amide bonds. The molecule has 0 spiro atoms. The van der Waals surface area contributed by atoms with Gasteiger partial charge in [0.25, 0.3) is 0 Å². The second kappa shape index (κ2) is 8.65. The fourth-order valence-electron chi connectivity index (χ4n) is 3.28. The molecule has 1 aromatic rings. The lowest BCUT2D eigenvalue weighted by Gasteiger charge is -2.18. The van der Waals surface area contributed by atoms with Gasteiger partial charge in [0.15, 0.2) is 0 Å². The summed E-state index contributed by atoms with van der Waals surface area (Å²) >= 11 is 1.55. The van der Waals surface area contributed by atoms with Crippen LogP contribution < -0.4 is 5.73 Å². The number of carbonyl (C=O) groups is 2. The van der Waals surface area contributed by atoms with Crippen molar-refractivity contribution in [2.75, 3.05) is 12.3 Å². The summed E-state index contributed by atoms with van der Waals surface area (Å²) in [6.07, 6.45) is 7.05. The fraction of sp³-hybridized carbons (Fsp3) is 0.684. The number of esters is 1. The molecule has 4 nitrogen and oxygen atoms in total. The van der Waals surface area contributed by atoms with Crippen LogP contribution in [0, 0.1) is 11.8 Å². The van der Waals surface area contributed by atoms with Crippen molar-refractivity contribution < 1.29 is 14.3 Å². The Morgan fingerprint density at radius 3 is 2.38 bits per heavy atom. The van der Waals surface area contributed by atoms with Crippen molar-refractivity contribution in [3.63, 3.8) is 0 Å². The van der Waals surface area contributed by atoms with Gasteiger partial charge >= 0.3 is 5.97 Å². The third kappa shape index (κ3) is 4.82. The third-order valence-corrected chi connectivity index (χ3v) is 5.93. The molecule has 0 aromatic carbocycles. The Kier molecular flexibility index (Phi) is 6.84. The number of rotatable bonds is 2. The molecule has 134 valence electrons. The Bertz CT molecular complexity index is 584. The summed E-state index contributed by atoms with van der Waals surface area (Å²) in [5, 5.41) is 0.623. The quantitative estimate of drug-likeness (QED) is 0.802. The molecule has 0 aliphatic heterocycles. The van der Waals surface area contributed by atoms with Crippen molar-refractivity contribution in [3.05, 3.63) is 16.0 Å². The molecule has 1 unspecified atom stereocenters. The molecule has 0 radical (unpaired) electrons. The maximum absolute atomic E-state index is 11.8. The lowest BCUT2D eigenvalue weighted by molar-refractivity contribution is -0.120. The van der Waals surface area contributed by atoms with E-state index in [4.69, 9.17) is 10.5 Å². The van der Waals surface area contributed by atoms with Crippen LogP contribution in [0.15, 0.2) is 0 Å². The first-order valence-corrected chi connectivity index (χ1v) is 9.82. The van der Waals surface area contributed by atoms with E-state index in [0.717, 1.165) is 56.4 Å². The number of Topliss-reactive ketones (excluding diaryl/α,β-unsaturated/α-hetero) is 1. The SMILES string of the molecule is CC1CCC(=O)CC1.CCOC(=O)c1c(N)sc2c1CCC(C)C2. The van der Waals surface area contributed by atoms with Gasteiger partial charge in [0.05, 0.1) is 12.2 Å². The molecule has 2 aliphatic rings. The highest BCUT2D eigenvalue weighted by Crippen LogP contribution is 2.38. The number of anilines is 1. The highest BCUT2D eigenvalue weighted by atomic mass is 32.1. The number of nitrogens with two attached hydrogens (primary N) is 1. The number of nitrogen functional groups attached to an aromatic ring is 1. The molecule has 1 aromatic heterocycles. The Morgan fingerprint density at radius 1 is 1.17 bits per heavy atom. The monoisotopic (exact) mass is 351 g/mol.